The first kappa shape index (κ1) is 23.4. The van der Waals surface area contributed by atoms with Gasteiger partial charge in [-0.2, -0.15) is 0 Å². The van der Waals surface area contributed by atoms with Crippen molar-refractivity contribution in [2.75, 3.05) is 39.9 Å². The van der Waals surface area contributed by atoms with Crippen LogP contribution in [0.25, 0.3) is 22.2 Å². The molecule has 7 nitrogen and oxygen atoms in total. The molecule has 3 fully saturated rings. The number of fused-ring (bicyclic) bond motifs is 2. The third kappa shape index (κ3) is 4.16. The van der Waals surface area contributed by atoms with Crippen LogP contribution in [0.1, 0.15) is 37.3 Å². The molecule has 1 unspecified atom stereocenters. The molecule has 0 radical (unpaired) electrons. The number of methoxy groups -OCH3 is 1. The van der Waals surface area contributed by atoms with Crippen LogP contribution in [0.4, 0.5) is 4.39 Å². The van der Waals surface area contributed by atoms with Gasteiger partial charge in [0.2, 0.25) is 5.91 Å². The lowest BCUT2D eigenvalue weighted by molar-refractivity contribution is -0.133. The van der Waals surface area contributed by atoms with Gasteiger partial charge in [0, 0.05) is 42.5 Å². The molecule has 36 heavy (non-hydrogen) atoms. The summed E-state index contributed by atoms with van der Waals surface area (Å²) in [5.41, 5.74) is 3.62. The zero-order chi connectivity index (χ0) is 24.8. The topological polar surface area (TPSA) is 81.7 Å². The number of carbonyl (C=O) groups is 1. The summed E-state index contributed by atoms with van der Waals surface area (Å²) in [4.78, 5) is 25.1. The monoisotopic (exact) mass is 492 g/mol. The van der Waals surface area contributed by atoms with E-state index in [9.17, 15) is 14.3 Å². The molecule has 1 aliphatic carbocycles. The van der Waals surface area contributed by atoms with Crippen LogP contribution in [0, 0.1) is 17.7 Å². The molecule has 3 aliphatic rings. The number of hydrogen-bond donors (Lipinski definition) is 2. The molecule has 0 spiro atoms. The van der Waals surface area contributed by atoms with Crippen LogP contribution in [0.3, 0.4) is 0 Å². The van der Waals surface area contributed by atoms with Crippen molar-refractivity contribution in [3.63, 3.8) is 0 Å². The van der Waals surface area contributed by atoms with E-state index >= 15 is 0 Å². The second-order valence-electron chi connectivity index (χ2n) is 10.6. The minimum absolute atomic E-state index is 0.00292. The number of nitrogens with one attached hydrogen (secondary N) is 1. The van der Waals surface area contributed by atoms with E-state index in [4.69, 9.17) is 4.74 Å². The summed E-state index contributed by atoms with van der Waals surface area (Å²) >= 11 is 0. The Balaban J connectivity index is 1.16. The fourth-order valence-electron chi connectivity index (χ4n) is 6.81. The number of rotatable bonds is 6. The third-order valence-electron chi connectivity index (χ3n) is 8.54. The number of carbonyl (C=O) groups excluding carboxylic acids is 1. The number of aromatic amines is 1. The quantitative estimate of drug-likeness (QED) is 0.547. The van der Waals surface area contributed by atoms with Crippen LogP contribution in [-0.4, -0.2) is 76.7 Å². The highest BCUT2D eigenvalue weighted by atomic mass is 19.1. The van der Waals surface area contributed by atoms with Gasteiger partial charge in [-0.05, 0) is 79.3 Å². The number of likely N-dealkylation sites (tertiary alicyclic amines) is 2. The lowest BCUT2D eigenvalue weighted by atomic mass is 9.99. The van der Waals surface area contributed by atoms with Crippen LogP contribution in [0.5, 0.6) is 5.75 Å². The van der Waals surface area contributed by atoms with E-state index < -0.39 is 0 Å². The van der Waals surface area contributed by atoms with E-state index in [0.717, 1.165) is 67.5 Å². The molecule has 1 saturated carbocycles. The summed E-state index contributed by atoms with van der Waals surface area (Å²) in [5, 5.41) is 10.5. The van der Waals surface area contributed by atoms with Gasteiger partial charge >= 0.3 is 0 Å². The maximum atomic E-state index is 14.1. The first-order chi connectivity index (χ1) is 17.5. The Morgan fingerprint density at radius 3 is 2.75 bits per heavy atom. The Kier molecular flexibility index (Phi) is 6.17. The highest BCUT2D eigenvalue weighted by molar-refractivity contribution is 5.95. The molecule has 1 amide bonds. The van der Waals surface area contributed by atoms with Crippen LogP contribution >= 0.6 is 0 Å². The van der Waals surface area contributed by atoms with Crippen LogP contribution in [0.15, 0.2) is 36.5 Å². The molecule has 1 aromatic carbocycles. The van der Waals surface area contributed by atoms with Crippen LogP contribution < -0.4 is 4.74 Å². The molecule has 0 bridgehead atoms. The zero-order valence-corrected chi connectivity index (χ0v) is 20.6. The van der Waals surface area contributed by atoms with E-state index in [1.807, 2.05) is 11.0 Å². The summed E-state index contributed by atoms with van der Waals surface area (Å²) in [6.07, 6.45) is 5.81. The van der Waals surface area contributed by atoms with Crippen molar-refractivity contribution in [2.45, 2.75) is 37.6 Å². The van der Waals surface area contributed by atoms with E-state index in [2.05, 4.69) is 20.9 Å². The Morgan fingerprint density at radius 1 is 1.19 bits per heavy atom. The molecular formula is C28H33FN4O3. The number of benzene rings is 1. The summed E-state index contributed by atoms with van der Waals surface area (Å²) in [6, 6.07) is 8.67. The van der Waals surface area contributed by atoms with Crippen molar-refractivity contribution in [2.24, 2.45) is 11.8 Å². The Morgan fingerprint density at radius 2 is 2.00 bits per heavy atom. The SMILES string of the molecule is COc1ccc(F)cc1-c1ccnc2[nH]c(C3C[C@@H]4CN(CC(=O)N5CCC[C@H]5CO)C[C@@H]4C3)cc12. The summed E-state index contributed by atoms with van der Waals surface area (Å²) in [5.74, 6) is 2.08. The maximum Gasteiger partial charge on any atom is 0.237 e. The average Bonchev–Trinajstić information content (AvgIpc) is 3.65. The molecule has 8 heteroatoms. The number of hydrogen-bond acceptors (Lipinski definition) is 5. The maximum absolute atomic E-state index is 14.1. The van der Waals surface area contributed by atoms with Gasteiger partial charge in [-0.15, -0.1) is 0 Å². The van der Waals surface area contributed by atoms with Gasteiger partial charge in [0.15, 0.2) is 0 Å². The zero-order valence-electron chi connectivity index (χ0n) is 20.6. The lowest BCUT2D eigenvalue weighted by Gasteiger charge is -2.26. The van der Waals surface area contributed by atoms with Crippen molar-refractivity contribution in [3.05, 3.63) is 48.0 Å². The predicted molar refractivity (Wildman–Crippen MR) is 135 cm³/mol. The van der Waals surface area contributed by atoms with Gasteiger partial charge in [-0.25, -0.2) is 9.37 Å². The summed E-state index contributed by atoms with van der Waals surface area (Å²) < 4.78 is 19.6. The van der Waals surface area contributed by atoms with Gasteiger partial charge < -0.3 is 19.7 Å². The summed E-state index contributed by atoms with van der Waals surface area (Å²) in [7, 11) is 1.60. The number of aliphatic hydroxyl groups is 1. The summed E-state index contributed by atoms with van der Waals surface area (Å²) in [6.45, 7) is 3.20. The number of pyridine rings is 1. The number of aliphatic hydroxyl groups excluding tert-OH is 1. The molecule has 4 atom stereocenters. The van der Waals surface area contributed by atoms with Gasteiger partial charge in [0.1, 0.15) is 17.2 Å². The van der Waals surface area contributed by atoms with Crippen molar-refractivity contribution in [1.29, 1.82) is 0 Å². The normalized spacial score (nSPS) is 26.1. The number of aromatic nitrogens is 2. The van der Waals surface area contributed by atoms with Gasteiger partial charge in [-0.3, -0.25) is 9.69 Å². The van der Waals surface area contributed by atoms with Gasteiger partial charge in [-0.1, -0.05) is 0 Å². The van der Waals surface area contributed by atoms with Crippen LogP contribution in [-0.2, 0) is 4.79 Å². The Bertz CT molecular complexity index is 1260. The number of nitrogens with zero attached hydrogens (tertiary/aromatic N) is 3. The highest BCUT2D eigenvalue weighted by Crippen LogP contribution is 2.47. The number of amides is 1. The van der Waals surface area contributed by atoms with E-state index in [1.165, 1.54) is 17.8 Å². The largest absolute Gasteiger partial charge is 0.496 e. The molecule has 4 heterocycles. The molecule has 2 N–H and O–H groups in total. The number of ether oxygens (including phenoxy) is 1. The van der Waals surface area contributed by atoms with E-state index in [1.54, 1.807) is 19.4 Å². The molecule has 190 valence electrons. The highest BCUT2D eigenvalue weighted by Gasteiger charge is 2.42. The predicted octanol–water partition coefficient (Wildman–Crippen LogP) is 3.79. The fraction of sp³-hybridized carbons (Fsp3) is 0.500. The average molecular weight is 493 g/mol. The first-order valence-corrected chi connectivity index (χ1v) is 13.0. The second kappa shape index (κ2) is 9.48. The molecular weight excluding hydrogens is 459 g/mol. The molecule has 2 saturated heterocycles. The number of halogens is 1. The smallest absolute Gasteiger partial charge is 0.237 e. The standard InChI is InChI=1S/C28H33FN4O3/c1-36-26-5-4-20(29)11-23(26)22-6-7-30-28-24(22)12-25(31-28)17-9-18-13-32(14-19(18)10-17)15-27(35)33-8-2-3-21(33)16-34/h4-7,11-12,17-19,21,34H,2-3,8-10,13-16H2,1H3,(H,30,31)/t17?,18-,19+,21-/m0/s1. The van der Waals surface area contributed by atoms with Crippen molar-refractivity contribution < 1.29 is 19.0 Å². The van der Waals surface area contributed by atoms with Crippen molar-refractivity contribution in [3.8, 4) is 16.9 Å². The van der Waals surface area contributed by atoms with E-state index in [-0.39, 0.29) is 24.4 Å². The lowest BCUT2D eigenvalue weighted by Crippen LogP contribution is -2.43. The van der Waals surface area contributed by atoms with Crippen molar-refractivity contribution in [1.82, 2.24) is 19.8 Å². The van der Waals surface area contributed by atoms with Crippen LogP contribution in [0.2, 0.25) is 0 Å². The third-order valence-corrected chi connectivity index (χ3v) is 8.54. The van der Waals surface area contributed by atoms with Gasteiger partial charge in [0.25, 0.3) is 0 Å². The molecule has 2 aliphatic heterocycles. The Hall–Kier alpha value is -2.97. The number of H-pyrrole nitrogens is 1. The minimum Gasteiger partial charge on any atom is -0.496 e. The van der Waals surface area contributed by atoms with Crippen molar-refractivity contribution >= 4 is 16.9 Å². The van der Waals surface area contributed by atoms with Gasteiger partial charge in [0.05, 0.1) is 26.3 Å². The second-order valence-corrected chi connectivity index (χ2v) is 10.6. The molecule has 2 aromatic heterocycles. The molecule has 6 rings (SSSR count). The van der Waals surface area contributed by atoms with E-state index in [0.29, 0.717) is 30.0 Å². The Labute approximate surface area is 210 Å². The fourth-order valence-corrected chi connectivity index (χ4v) is 6.81. The minimum atomic E-state index is -0.296. The molecule has 3 aromatic rings. The first-order valence-electron chi connectivity index (χ1n) is 13.0.